The van der Waals surface area contributed by atoms with Gasteiger partial charge in [-0.05, 0) is 48.9 Å². The highest BCUT2D eigenvalue weighted by Gasteiger charge is 2.31. The van der Waals surface area contributed by atoms with Crippen LogP contribution in [0.25, 0.3) is 0 Å². The van der Waals surface area contributed by atoms with Gasteiger partial charge in [0, 0.05) is 5.02 Å². The molecule has 0 aliphatic carbocycles. The first-order valence-electron chi connectivity index (χ1n) is 9.20. The molecule has 31 heavy (non-hydrogen) atoms. The molecule has 0 amide bonds. The van der Waals surface area contributed by atoms with E-state index in [1.165, 1.54) is 12.1 Å². The monoisotopic (exact) mass is 448 g/mol. The molecule has 1 atom stereocenters. The molecule has 0 radical (unpaired) electrons. The standard InChI is InChI=1S/C21H16ClF3N4O2/c1-12-9-17(19-26-18(11-30-29-19)13-5-7-15(22)8-6-13)20(28-27-12)31-16-4-2-3-14(10-16)21(23,24)25/h2-10,18H,11H2,1H3,(H,26,29). The number of hydrogen-bond donors (Lipinski definition) is 1. The number of benzene rings is 2. The highest BCUT2D eigenvalue weighted by Crippen LogP contribution is 2.33. The fourth-order valence-corrected chi connectivity index (χ4v) is 3.08. The molecule has 0 bridgehead atoms. The van der Waals surface area contributed by atoms with Gasteiger partial charge in [-0.25, -0.2) is 5.48 Å². The smallest absolute Gasteiger partial charge is 0.416 e. The van der Waals surface area contributed by atoms with Crippen LogP contribution in [-0.4, -0.2) is 22.6 Å². The Labute approximate surface area is 180 Å². The number of aliphatic imine (C=N–C) groups is 1. The van der Waals surface area contributed by atoms with Gasteiger partial charge >= 0.3 is 6.18 Å². The van der Waals surface area contributed by atoms with E-state index in [2.05, 4.69) is 20.7 Å². The Balaban J connectivity index is 1.68. The minimum atomic E-state index is -4.49. The van der Waals surface area contributed by atoms with Crippen LogP contribution in [-0.2, 0) is 11.0 Å². The average molecular weight is 449 g/mol. The van der Waals surface area contributed by atoms with Crippen molar-refractivity contribution in [2.24, 2.45) is 4.99 Å². The molecule has 160 valence electrons. The van der Waals surface area contributed by atoms with E-state index in [4.69, 9.17) is 21.2 Å². The third-order valence-corrected chi connectivity index (χ3v) is 4.71. The second-order valence-electron chi connectivity index (χ2n) is 6.79. The van der Waals surface area contributed by atoms with Crippen molar-refractivity contribution in [1.29, 1.82) is 0 Å². The van der Waals surface area contributed by atoms with Crippen molar-refractivity contribution in [3.63, 3.8) is 0 Å². The van der Waals surface area contributed by atoms with Crippen molar-refractivity contribution in [1.82, 2.24) is 15.7 Å². The molecule has 1 unspecified atom stereocenters. The van der Waals surface area contributed by atoms with E-state index in [0.717, 1.165) is 17.7 Å². The first-order valence-corrected chi connectivity index (χ1v) is 9.58. The summed E-state index contributed by atoms with van der Waals surface area (Å²) in [4.78, 5) is 10.1. The van der Waals surface area contributed by atoms with E-state index in [-0.39, 0.29) is 24.3 Å². The molecule has 4 rings (SSSR count). The predicted octanol–water partition coefficient (Wildman–Crippen LogP) is 5.27. The van der Waals surface area contributed by atoms with Crippen LogP contribution in [0.3, 0.4) is 0 Å². The summed E-state index contributed by atoms with van der Waals surface area (Å²) in [6, 6.07) is 13.1. The zero-order valence-corrected chi connectivity index (χ0v) is 16.9. The first kappa shape index (κ1) is 21.1. The van der Waals surface area contributed by atoms with Gasteiger partial charge in [0.2, 0.25) is 5.88 Å². The lowest BCUT2D eigenvalue weighted by Gasteiger charge is -2.23. The number of aryl methyl sites for hydroxylation is 1. The van der Waals surface area contributed by atoms with Crippen LogP contribution in [0.1, 0.15) is 28.4 Å². The molecule has 1 aromatic heterocycles. The normalized spacial score (nSPS) is 16.4. The van der Waals surface area contributed by atoms with Crippen molar-refractivity contribution in [3.8, 4) is 11.6 Å². The molecule has 6 nitrogen and oxygen atoms in total. The molecule has 2 aromatic carbocycles. The maximum absolute atomic E-state index is 13.0. The second kappa shape index (κ2) is 8.52. The SMILES string of the molecule is Cc1cc(C2=NC(c3ccc(Cl)cc3)CON2)c(Oc2cccc(C(F)(F)F)c2)nn1. The Kier molecular flexibility index (Phi) is 5.79. The van der Waals surface area contributed by atoms with E-state index in [1.807, 2.05) is 12.1 Å². The predicted molar refractivity (Wildman–Crippen MR) is 108 cm³/mol. The van der Waals surface area contributed by atoms with Gasteiger partial charge in [-0.2, -0.15) is 18.3 Å². The number of rotatable bonds is 4. The summed E-state index contributed by atoms with van der Waals surface area (Å²) in [5, 5.41) is 8.56. The van der Waals surface area contributed by atoms with Crippen molar-refractivity contribution in [3.05, 3.63) is 82.0 Å². The number of hydroxylamine groups is 1. The molecule has 10 heteroatoms. The fourth-order valence-electron chi connectivity index (χ4n) is 2.96. The number of ether oxygens (including phenoxy) is 1. The van der Waals surface area contributed by atoms with Crippen LogP contribution >= 0.6 is 11.6 Å². The molecule has 2 heterocycles. The van der Waals surface area contributed by atoms with E-state index in [9.17, 15) is 13.2 Å². The zero-order valence-electron chi connectivity index (χ0n) is 16.2. The third-order valence-electron chi connectivity index (χ3n) is 4.46. The fraction of sp³-hybridized carbons (Fsp3) is 0.190. The lowest BCUT2D eigenvalue weighted by atomic mass is 10.1. The number of hydrogen-bond acceptors (Lipinski definition) is 6. The molecule has 1 N–H and O–H groups in total. The van der Waals surface area contributed by atoms with Gasteiger partial charge in [0.25, 0.3) is 0 Å². The van der Waals surface area contributed by atoms with Crippen LogP contribution in [0.2, 0.25) is 5.02 Å². The van der Waals surface area contributed by atoms with Crippen LogP contribution < -0.4 is 10.2 Å². The van der Waals surface area contributed by atoms with Crippen LogP contribution in [0.5, 0.6) is 11.6 Å². The van der Waals surface area contributed by atoms with E-state index < -0.39 is 11.7 Å². The highest BCUT2D eigenvalue weighted by atomic mass is 35.5. The van der Waals surface area contributed by atoms with Crippen LogP contribution in [0.15, 0.2) is 59.6 Å². The molecule has 3 aromatic rings. The molecule has 1 aliphatic rings. The highest BCUT2D eigenvalue weighted by molar-refractivity contribution is 6.30. The first-order chi connectivity index (χ1) is 14.8. The number of nitrogens with one attached hydrogen (secondary N) is 1. The van der Waals surface area contributed by atoms with Crippen molar-refractivity contribution < 1.29 is 22.7 Å². The number of halogens is 4. The number of nitrogens with zero attached hydrogens (tertiary/aromatic N) is 3. The molecule has 0 spiro atoms. The van der Waals surface area contributed by atoms with E-state index in [0.29, 0.717) is 22.1 Å². The van der Waals surface area contributed by atoms with Gasteiger partial charge in [-0.15, -0.1) is 5.10 Å². The lowest BCUT2D eigenvalue weighted by molar-refractivity contribution is -0.137. The Morgan fingerprint density at radius 2 is 1.87 bits per heavy atom. The molecule has 0 saturated carbocycles. The van der Waals surface area contributed by atoms with Crippen molar-refractivity contribution in [2.75, 3.05) is 6.61 Å². The van der Waals surface area contributed by atoms with Crippen LogP contribution in [0, 0.1) is 6.92 Å². The van der Waals surface area contributed by atoms with Gasteiger partial charge < -0.3 is 4.74 Å². The summed E-state index contributed by atoms with van der Waals surface area (Å²) >= 11 is 5.95. The van der Waals surface area contributed by atoms with Crippen molar-refractivity contribution in [2.45, 2.75) is 19.1 Å². The molecule has 0 saturated heterocycles. The summed E-state index contributed by atoms with van der Waals surface area (Å²) in [7, 11) is 0. The summed E-state index contributed by atoms with van der Waals surface area (Å²) in [5.74, 6) is 0.295. The Morgan fingerprint density at radius 3 is 2.61 bits per heavy atom. The molecular weight excluding hydrogens is 433 g/mol. The maximum Gasteiger partial charge on any atom is 0.416 e. The number of amidine groups is 1. The molecule has 0 fully saturated rings. The molecule has 1 aliphatic heterocycles. The van der Waals surface area contributed by atoms with Gasteiger partial charge in [0.05, 0.1) is 16.8 Å². The van der Waals surface area contributed by atoms with Gasteiger partial charge in [0.1, 0.15) is 18.4 Å². The summed E-state index contributed by atoms with van der Waals surface area (Å²) in [6.45, 7) is 2.01. The van der Waals surface area contributed by atoms with Gasteiger partial charge in [-0.1, -0.05) is 29.8 Å². The Hall–Kier alpha value is -3.17. The van der Waals surface area contributed by atoms with E-state index >= 15 is 0 Å². The minimum Gasteiger partial charge on any atom is -0.437 e. The lowest BCUT2D eigenvalue weighted by Crippen LogP contribution is -2.33. The van der Waals surface area contributed by atoms with Crippen LogP contribution in [0.4, 0.5) is 13.2 Å². The van der Waals surface area contributed by atoms with Gasteiger partial charge in [0.15, 0.2) is 5.84 Å². The minimum absolute atomic E-state index is 0.00321. The summed E-state index contributed by atoms with van der Waals surface area (Å²) in [5.41, 5.74) is 3.77. The maximum atomic E-state index is 13.0. The summed E-state index contributed by atoms with van der Waals surface area (Å²) < 4.78 is 44.7. The number of aromatic nitrogens is 2. The summed E-state index contributed by atoms with van der Waals surface area (Å²) in [6.07, 6.45) is -4.49. The van der Waals surface area contributed by atoms with E-state index in [1.54, 1.807) is 25.1 Å². The average Bonchev–Trinajstić information content (AvgIpc) is 2.75. The number of alkyl halides is 3. The van der Waals surface area contributed by atoms with Gasteiger partial charge in [-0.3, -0.25) is 9.83 Å². The largest absolute Gasteiger partial charge is 0.437 e. The zero-order chi connectivity index (χ0) is 22.0. The third kappa shape index (κ3) is 4.95. The molecular formula is C21H16ClF3N4O2. The topological polar surface area (TPSA) is 68.6 Å². The Bertz CT molecular complexity index is 1120. The Morgan fingerprint density at radius 1 is 1.10 bits per heavy atom. The van der Waals surface area contributed by atoms with Crippen molar-refractivity contribution >= 4 is 17.4 Å². The quantitative estimate of drug-likeness (QED) is 0.588. The second-order valence-corrected chi connectivity index (χ2v) is 7.23.